The minimum absolute atomic E-state index is 0.0211. The molecule has 2 rings (SSSR count). The van der Waals surface area contributed by atoms with Crippen LogP contribution >= 0.6 is 11.8 Å². The highest BCUT2D eigenvalue weighted by molar-refractivity contribution is 7.99. The van der Waals surface area contributed by atoms with Crippen molar-refractivity contribution in [3.05, 3.63) is 65.2 Å². The minimum Gasteiger partial charge on any atom is -0.497 e. The van der Waals surface area contributed by atoms with E-state index in [1.54, 1.807) is 13.2 Å². The van der Waals surface area contributed by atoms with Crippen LogP contribution in [0.3, 0.4) is 0 Å². The third-order valence-electron chi connectivity index (χ3n) is 3.25. The number of amides is 1. The molecule has 0 aliphatic rings. The van der Waals surface area contributed by atoms with Gasteiger partial charge < -0.3 is 10.1 Å². The molecule has 4 nitrogen and oxygen atoms in total. The zero-order valence-electron chi connectivity index (χ0n) is 12.9. The van der Waals surface area contributed by atoms with Crippen LogP contribution in [0.25, 0.3) is 0 Å². The quantitative estimate of drug-likeness (QED) is 0.849. The van der Waals surface area contributed by atoms with Gasteiger partial charge in [0.05, 0.1) is 24.5 Å². The molecule has 0 atom stereocenters. The van der Waals surface area contributed by atoms with Crippen LogP contribution in [-0.2, 0) is 17.1 Å². The first kappa shape index (κ1) is 16.9. The number of hydrogen-bond donors (Lipinski definition) is 1. The fourth-order valence-corrected chi connectivity index (χ4v) is 2.90. The zero-order chi connectivity index (χ0) is 16.5. The first-order chi connectivity index (χ1) is 11.2. The summed E-state index contributed by atoms with van der Waals surface area (Å²) in [7, 11) is 1.62. The standard InChI is InChI=1S/C18H18N2O2S/c1-22-17-8-4-5-14(9-17)11-20-18(21)13-23-12-16-7-3-2-6-15(16)10-19/h2-9H,11-13H2,1H3,(H,20,21). The van der Waals surface area contributed by atoms with Gasteiger partial charge in [0.25, 0.3) is 0 Å². The Kier molecular flexibility index (Phi) is 6.52. The number of carbonyl (C=O) groups excluding carboxylic acids is 1. The van der Waals surface area contributed by atoms with Gasteiger partial charge in [-0.1, -0.05) is 30.3 Å². The highest BCUT2D eigenvalue weighted by Gasteiger charge is 2.05. The Morgan fingerprint density at radius 2 is 2.09 bits per heavy atom. The van der Waals surface area contributed by atoms with E-state index in [4.69, 9.17) is 10.00 Å². The van der Waals surface area contributed by atoms with Crippen molar-refractivity contribution in [2.24, 2.45) is 0 Å². The lowest BCUT2D eigenvalue weighted by molar-refractivity contribution is -0.118. The van der Waals surface area contributed by atoms with E-state index in [9.17, 15) is 4.79 Å². The Hall–Kier alpha value is -2.45. The monoisotopic (exact) mass is 326 g/mol. The predicted molar refractivity (Wildman–Crippen MR) is 92.2 cm³/mol. The summed E-state index contributed by atoms with van der Waals surface area (Å²) in [5.41, 5.74) is 2.62. The molecule has 5 heteroatoms. The van der Waals surface area contributed by atoms with Crippen molar-refractivity contribution >= 4 is 17.7 Å². The number of methoxy groups -OCH3 is 1. The SMILES string of the molecule is COc1cccc(CNC(=O)CSCc2ccccc2C#N)c1. The molecule has 0 aromatic heterocycles. The van der Waals surface area contributed by atoms with Crippen LogP contribution in [0, 0.1) is 11.3 Å². The van der Waals surface area contributed by atoms with Crippen molar-refractivity contribution in [2.75, 3.05) is 12.9 Å². The molecule has 0 saturated heterocycles. The number of ether oxygens (including phenoxy) is 1. The molecule has 0 saturated carbocycles. The first-order valence-corrected chi connectivity index (χ1v) is 8.34. The minimum atomic E-state index is -0.0211. The second kappa shape index (κ2) is 8.86. The van der Waals surface area contributed by atoms with Gasteiger partial charge >= 0.3 is 0 Å². The van der Waals surface area contributed by atoms with Crippen molar-refractivity contribution in [1.29, 1.82) is 5.26 Å². The van der Waals surface area contributed by atoms with Crippen LogP contribution in [0.2, 0.25) is 0 Å². The fourth-order valence-electron chi connectivity index (χ4n) is 2.04. The van der Waals surface area contributed by atoms with Gasteiger partial charge in [0.2, 0.25) is 5.91 Å². The van der Waals surface area contributed by atoms with Crippen molar-refractivity contribution < 1.29 is 9.53 Å². The second-order valence-corrected chi connectivity index (χ2v) is 5.88. The van der Waals surface area contributed by atoms with E-state index in [0.29, 0.717) is 23.6 Å². The summed E-state index contributed by atoms with van der Waals surface area (Å²) in [6, 6.07) is 17.2. The van der Waals surface area contributed by atoms with Crippen molar-refractivity contribution in [3.63, 3.8) is 0 Å². The number of rotatable bonds is 7. The number of nitrogens with one attached hydrogen (secondary N) is 1. The maximum absolute atomic E-state index is 11.9. The van der Waals surface area contributed by atoms with Crippen molar-refractivity contribution in [2.45, 2.75) is 12.3 Å². The molecule has 0 spiro atoms. The van der Waals surface area contributed by atoms with E-state index in [0.717, 1.165) is 16.9 Å². The van der Waals surface area contributed by atoms with Gasteiger partial charge in [-0.3, -0.25) is 4.79 Å². The summed E-state index contributed by atoms with van der Waals surface area (Å²) in [6.45, 7) is 0.478. The summed E-state index contributed by atoms with van der Waals surface area (Å²) < 4.78 is 5.15. The molecule has 2 aromatic rings. The van der Waals surface area contributed by atoms with Crippen LogP contribution in [0.4, 0.5) is 0 Å². The Balaban J connectivity index is 1.76. The lowest BCUT2D eigenvalue weighted by Gasteiger charge is -2.07. The van der Waals surface area contributed by atoms with Gasteiger partial charge in [0.1, 0.15) is 5.75 Å². The molecular formula is C18H18N2O2S. The number of carbonyl (C=O) groups is 1. The molecule has 118 valence electrons. The van der Waals surface area contributed by atoms with Gasteiger partial charge in [-0.2, -0.15) is 5.26 Å². The van der Waals surface area contributed by atoms with Gasteiger partial charge in [-0.05, 0) is 29.3 Å². The molecule has 1 amide bonds. The first-order valence-electron chi connectivity index (χ1n) is 7.18. The van der Waals surface area contributed by atoms with E-state index < -0.39 is 0 Å². The van der Waals surface area contributed by atoms with Gasteiger partial charge in [0, 0.05) is 12.3 Å². The van der Waals surface area contributed by atoms with Crippen LogP contribution in [0.5, 0.6) is 5.75 Å². The zero-order valence-corrected chi connectivity index (χ0v) is 13.7. The van der Waals surface area contributed by atoms with Gasteiger partial charge in [-0.15, -0.1) is 11.8 Å². The Morgan fingerprint density at radius 3 is 2.87 bits per heavy atom. The third-order valence-corrected chi connectivity index (χ3v) is 4.23. The maximum Gasteiger partial charge on any atom is 0.230 e. The normalized spacial score (nSPS) is 9.91. The molecule has 0 aliphatic carbocycles. The summed E-state index contributed by atoms with van der Waals surface area (Å²) in [6.07, 6.45) is 0. The van der Waals surface area contributed by atoms with E-state index in [2.05, 4.69) is 11.4 Å². The van der Waals surface area contributed by atoms with Crippen LogP contribution < -0.4 is 10.1 Å². The van der Waals surface area contributed by atoms with Crippen LogP contribution in [0.15, 0.2) is 48.5 Å². The molecular weight excluding hydrogens is 308 g/mol. The van der Waals surface area contributed by atoms with Crippen LogP contribution in [0.1, 0.15) is 16.7 Å². The van der Waals surface area contributed by atoms with Gasteiger partial charge in [0.15, 0.2) is 0 Å². The number of thioether (sulfide) groups is 1. The molecule has 0 fully saturated rings. The topological polar surface area (TPSA) is 62.1 Å². The average molecular weight is 326 g/mol. The second-order valence-electron chi connectivity index (χ2n) is 4.89. The highest BCUT2D eigenvalue weighted by Crippen LogP contribution is 2.16. The molecule has 0 bridgehead atoms. The number of benzene rings is 2. The van der Waals surface area contributed by atoms with Crippen LogP contribution in [-0.4, -0.2) is 18.8 Å². The molecule has 0 radical (unpaired) electrons. The van der Waals surface area contributed by atoms with E-state index in [-0.39, 0.29) is 5.91 Å². The smallest absolute Gasteiger partial charge is 0.230 e. The van der Waals surface area contributed by atoms with Crippen molar-refractivity contribution in [1.82, 2.24) is 5.32 Å². The Labute approximate surface area is 140 Å². The summed E-state index contributed by atoms with van der Waals surface area (Å²) in [4.78, 5) is 11.9. The van der Waals surface area contributed by atoms with E-state index in [1.807, 2.05) is 42.5 Å². The molecule has 0 aliphatic heterocycles. The fraction of sp³-hybridized carbons (Fsp3) is 0.222. The van der Waals surface area contributed by atoms with E-state index >= 15 is 0 Å². The average Bonchev–Trinajstić information content (AvgIpc) is 2.60. The maximum atomic E-state index is 11.9. The predicted octanol–water partition coefficient (Wildman–Crippen LogP) is 3.12. The Morgan fingerprint density at radius 1 is 1.26 bits per heavy atom. The molecule has 2 aromatic carbocycles. The molecule has 1 N–H and O–H groups in total. The number of nitrogens with zero attached hydrogens (tertiary/aromatic N) is 1. The highest BCUT2D eigenvalue weighted by atomic mass is 32.2. The summed E-state index contributed by atoms with van der Waals surface area (Å²) >= 11 is 1.50. The molecule has 0 unspecified atom stereocenters. The molecule has 0 heterocycles. The lowest BCUT2D eigenvalue weighted by Crippen LogP contribution is -2.24. The number of hydrogen-bond acceptors (Lipinski definition) is 4. The largest absolute Gasteiger partial charge is 0.497 e. The third kappa shape index (κ3) is 5.35. The van der Waals surface area contributed by atoms with E-state index in [1.165, 1.54) is 11.8 Å². The van der Waals surface area contributed by atoms with Gasteiger partial charge in [-0.25, -0.2) is 0 Å². The van der Waals surface area contributed by atoms with Crippen molar-refractivity contribution in [3.8, 4) is 11.8 Å². The summed E-state index contributed by atoms with van der Waals surface area (Å²) in [5.74, 6) is 1.77. The summed E-state index contributed by atoms with van der Waals surface area (Å²) in [5, 5.41) is 11.9. The lowest BCUT2D eigenvalue weighted by atomic mass is 10.1. The molecule has 23 heavy (non-hydrogen) atoms. The Bertz CT molecular complexity index is 710. The number of nitriles is 1.